The van der Waals surface area contributed by atoms with E-state index < -0.39 is 5.60 Å². The zero-order valence-electron chi connectivity index (χ0n) is 12.1. The maximum absolute atomic E-state index is 12.4. The summed E-state index contributed by atoms with van der Waals surface area (Å²) in [4.78, 5) is 14.0. The summed E-state index contributed by atoms with van der Waals surface area (Å²) in [5.41, 5.74) is 5.35. The number of carbonyl (C=O) groups excluding carboxylic acids is 1. The van der Waals surface area contributed by atoms with E-state index in [1.54, 1.807) is 12.0 Å². The molecule has 1 unspecified atom stereocenters. The maximum atomic E-state index is 12.4. The van der Waals surface area contributed by atoms with Crippen molar-refractivity contribution in [2.24, 2.45) is 0 Å². The Labute approximate surface area is 118 Å². The minimum Gasteiger partial charge on any atom is -0.496 e. The van der Waals surface area contributed by atoms with E-state index in [9.17, 15) is 4.79 Å². The van der Waals surface area contributed by atoms with Gasteiger partial charge in [0.2, 0.25) is 0 Å². The van der Waals surface area contributed by atoms with Crippen LogP contribution in [-0.2, 0) is 4.74 Å². The largest absolute Gasteiger partial charge is 0.496 e. The number of rotatable bonds is 1. The topological polar surface area (TPSA) is 38.8 Å². The molecule has 1 amide bonds. The third-order valence-corrected chi connectivity index (χ3v) is 3.32. The molecule has 0 spiro atoms. The van der Waals surface area contributed by atoms with Crippen LogP contribution in [0, 0.1) is 0 Å². The number of nitrogens with zero attached hydrogens (tertiary/aromatic N) is 1. The van der Waals surface area contributed by atoms with E-state index in [1.807, 2.05) is 45.0 Å². The van der Waals surface area contributed by atoms with Crippen molar-refractivity contribution in [2.75, 3.05) is 7.11 Å². The van der Waals surface area contributed by atoms with Gasteiger partial charge in [0.05, 0.1) is 18.7 Å². The van der Waals surface area contributed by atoms with Crippen LogP contribution in [0.3, 0.4) is 0 Å². The lowest BCUT2D eigenvalue weighted by atomic mass is 10.0. The molecule has 1 aromatic carbocycles. The van der Waals surface area contributed by atoms with Gasteiger partial charge in [-0.1, -0.05) is 17.9 Å². The molecule has 20 heavy (non-hydrogen) atoms. The van der Waals surface area contributed by atoms with E-state index >= 15 is 0 Å². The number of carbonyl (C=O) groups is 1. The SMILES string of the molecule is COc1cccc2c1C1=C=CC2N1C(=O)OC(C)(C)C. The number of ether oxygens (including phenoxy) is 2. The number of fused-ring (bicyclic) bond motifs is 5. The van der Waals surface area contributed by atoms with Crippen LogP contribution in [0.4, 0.5) is 4.79 Å². The summed E-state index contributed by atoms with van der Waals surface area (Å²) in [5.74, 6) is 0.758. The first-order valence-corrected chi connectivity index (χ1v) is 6.58. The average Bonchev–Trinajstić information content (AvgIpc) is 2.92. The molecule has 2 aliphatic heterocycles. The molecule has 4 heteroatoms. The fraction of sp³-hybridized carbons (Fsp3) is 0.375. The molecule has 0 radical (unpaired) electrons. The summed E-state index contributed by atoms with van der Waals surface area (Å²) in [6, 6.07) is 5.69. The number of benzene rings is 1. The Morgan fingerprint density at radius 1 is 1.35 bits per heavy atom. The molecule has 0 saturated heterocycles. The molecule has 4 nitrogen and oxygen atoms in total. The Kier molecular flexibility index (Phi) is 2.66. The Bertz CT molecular complexity index is 648. The highest BCUT2D eigenvalue weighted by molar-refractivity contribution is 5.91. The van der Waals surface area contributed by atoms with Gasteiger partial charge in [-0.3, -0.25) is 4.90 Å². The highest BCUT2D eigenvalue weighted by Gasteiger charge is 2.43. The van der Waals surface area contributed by atoms with E-state index in [2.05, 4.69) is 5.73 Å². The molecule has 2 heterocycles. The van der Waals surface area contributed by atoms with Crippen molar-refractivity contribution < 1.29 is 14.3 Å². The Balaban J connectivity index is 1.98. The van der Waals surface area contributed by atoms with Crippen molar-refractivity contribution in [3.05, 3.63) is 41.1 Å². The molecule has 0 saturated carbocycles. The second kappa shape index (κ2) is 4.15. The second-order valence-corrected chi connectivity index (χ2v) is 5.88. The fourth-order valence-corrected chi connectivity index (χ4v) is 2.60. The molecule has 3 rings (SSSR count). The van der Waals surface area contributed by atoms with Crippen molar-refractivity contribution in [2.45, 2.75) is 32.4 Å². The molecule has 0 aromatic heterocycles. The lowest BCUT2D eigenvalue weighted by Gasteiger charge is -2.25. The summed E-state index contributed by atoms with van der Waals surface area (Å²) in [5, 5.41) is 0. The molecule has 104 valence electrons. The van der Waals surface area contributed by atoms with Gasteiger partial charge in [0, 0.05) is 0 Å². The van der Waals surface area contributed by atoms with Gasteiger partial charge in [0.25, 0.3) is 0 Å². The van der Waals surface area contributed by atoms with Crippen LogP contribution in [0.2, 0.25) is 0 Å². The van der Waals surface area contributed by atoms with Crippen molar-refractivity contribution in [1.82, 2.24) is 4.90 Å². The van der Waals surface area contributed by atoms with Crippen molar-refractivity contribution in [1.29, 1.82) is 0 Å². The van der Waals surface area contributed by atoms with Gasteiger partial charge in [-0.2, -0.15) is 0 Å². The first-order chi connectivity index (χ1) is 9.42. The molecule has 2 aliphatic rings. The Morgan fingerprint density at radius 3 is 2.75 bits per heavy atom. The van der Waals surface area contributed by atoms with Crippen molar-refractivity contribution >= 4 is 11.8 Å². The van der Waals surface area contributed by atoms with Crippen molar-refractivity contribution in [3.8, 4) is 5.75 Å². The van der Waals surface area contributed by atoms with Crippen molar-refractivity contribution in [3.63, 3.8) is 0 Å². The first kappa shape index (κ1) is 12.8. The molecule has 0 fully saturated rings. The van der Waals surface area contributed by atoms with Gasteiger partial charge < -0.3 is 9.47 Å². The van der Waals surface area contributed by atoms with E-state index in [-0.39, 0.29) is 12.1 Å². The van der Waals surface area contributed by atoms with Gasteiger partial charge in [-0.15, -0.1) is 0 Å². The lowest BCUT2D eigenvalue weighted by Crippen LogP contribution is -2.33. The van der Waals surface area contributed by atoms with Gasteiger partial charge in [0.1, 0.15) is 17.0 Å². The molecule has 0 aliphatic carbocycles. The zero-order valence-corrected chi connectivity index (χ0v) is 12.1. The van der Waals surface area contributed by atoms with Crippen LogP contribution < -0.4 is 4.74 Å². The predicted molar refractivity (Wildman–Crippen MR) is 75.3 cm³/mol. The standard InChI is InChI=1S/C16H17NO3/c1-16(2,3)20-15(18)17-11-8-9-12(17)14-10(11)6-5-7-13(14)19-4/h5-8,11H,1-4H3. The summed E-state index contributed by atoms with van der Waals surface area (Å²) < 4.78 is 10.9. The van der Waals surface area contributed by atoms with E-state index in [0.29, 0.717) is 0 Å². The summed E-state index contributed by atoms with van der Waals surface area (Å²) in [7, 11) is 1.63. The average molecular weight is 271 g/mol. The molecule has 1 atom stereocenters. The number of amides is 1. The molecule has 1 aromatic rings. The highest BCUT2D eigenvalue weighted by Crippen LogP contribution is 2.49. The highest BCUT2D eigenvalue weighted by atomic mass is 16.6. The van der Waals surface area contributed by atoms with Crippen LogP contribution in [-0.4, -0.2) is 23.7 Å². The van der Waals surface area contributed by atoms with Crippen LogP contribution in [0.1, 0.15) is 37.9 Å². The monoisotopic (exact) mass is 271 g/mol. The molecular weight excluding hydrogens is 254 g/mol. The van der Waals surface area contributed by atoms with Crippen LogP contribution in [0.25, 0.3) is 5.70 Å². The van der Waals surface area contributed by atoms with Crippen LogP contribution >= 0.6 is 0 Å². The van der Waals surface area contributed by atoms with Gasteiger partial charge in [0.15, 0.2) is 0 Å². The normalized spacial score (nSPS) is 18.9. The third kappa shape index (κ3) is 1.81. The van der Waals surface area contributed by atoms with E-state index in [1.165, 1.54) is 0 Å². The van der Waals surface area contributed by atoms with E-state index in [4.69, 9.17) is 9.47 Å². The maximum Gasteiger partial charge on any atom is 0.416 e. The third-order valence-electron chi connectivity index (χ3n) is 3.32. The number of hydrogen-bond acceptors (Lipinski definition) is 3. The molecular formula is C16H17NO3. The van der Waals surface area contributed by atoms with Crippen LogP contribution in [0.15, 0.2) is 30.0 Å². The number of hydrogen-bond donors (Lipinski definition) is 0. The first-order valence-electron chi connectivity index (χ1n) is 6.58. The quantitative estimate of drug-likeness (QED) is 0.734. The summed E-state index contributed by atoms with van der Waals surface area (Å²) >= 11 is 0. The second-order valence-electron chi connectivity index (χ2n) is 5.88. The zero-order chi connectivity index (χ0) is 14.5. The molecule has 2 bridgehead atoms. The Morgan fingerprint density at radius 2 is 2.10 bits per heavy atom. The number of methoxy groups -OCH3 is 1. The van der Waals surface area contributed by atoms with Gasteiger partial charge >= 0.3 is 6.09 Å². The predicted octanol–water partition coefficient (Wildman–Crippen LogP) is 3.50. The smallest absolute Gasteiger partial charge is 0.416 e. The van der Waals surface area contributed by atoms with E-state index in [0.717, 1.165) is 22.6 Å². The summed E-state index contributed by atoms with van der Waals surface area (Å²) in [6.45, 7) is 5.58. The molecule has 0 N–H and O–H groups in total. The minimum atomic E-state index is -0.518. The van der Waals surface area contributed by atoms with Gasteiger partial charge in [-0.05, 0) is 38.5 Å². The summed E-state index contributed by atoms with van der Waals surface area (Å²) in [6.07, 6.45) is 1.54. The Hall–Kier alpha value is -2.19. The van der Waals surface area contributed by atoms with Gasteiger partial charge in [-0.25, -0.2) is 4.79 Å². The fourth-order valence-electron chi connectivity index (χ4n) is 2.60. The van der Waals surface area contributed by atoms with Crippen LogP contribution in [0.5, 0.6) is 5.75 Å². The minimum absolute atomic E-state index is 0.134. The lowest BCUT2D eigenvalue weighted by molar-refractivity contribution is 0.0334.